The Kier molecular flexibility index (Phi) is 4.49. The Labute approximate surface area is 147 Å². The van der Waals surface area contributed by atoms with Crippen molar-refractivity contribution in [3.63, 3.8) is 0 Å². The molecule has 0 N–H and O–H groups in total. The zero-order chi connectivity index (χ0) is 18.8. The molecule has 3 aromatic rings. The van der Waals surface area contributed by atoms with Crippen molar-refractivity contribution < 1.29 is 14.5 Å². The van der Waals surface area contributed by atoms with Gasteiger partial charge in [-0.1, -0.05) is 30.3 Å². The second-order valence-electron chi connectivity index (χ2n) is 5.72. The fourth-order valence-electron chi connectivity index (χ4n) is 2.63. The predicted octanol–water partition coefficient (Wildman–Crippen LogP) is 2.76. The lowest BCUT2D eigenvalue weighted by molar-refractivity contribution is -0.385. The van der Waals surface area contributed by atoms with Gasteiger partial charge in [0.05, 0.1) is 10.3 Å². The summed E-state index contributed by atoms with van der Waals surface area (Å²) < 4.78 is 6.50. The Morgan fingerprint density at radius 2 is 1.88 bits per heavy atom. The zero-order valence-corrected chi connectivity index (χ0v) is 14.1. The van der Waals surface area contributed by atoms with Gasteiger partial charge in [0.15, 0.2) is 5.69 Å². The molecular weight excluding hydrogens is 338 g/mol. The van der Waals surface area contributed by atoms with Gasteiger partial charge in [-0.3, -0.25) is 14.9 Å². The molecule has 0 spiro atoms. The Bertz CT molecular complexity index is 1070. The molecule has 0 radical (unpaired) electrons. The molecule has 0 bridgehead atoms. The summed E-state index contributed by atoms with van der Waals surface area (Å²) in [6, 6.07) is 12.5. The van der Waals surface area contributed by atoms with Crippen LogP contribution >= 0.6 is 0 Å². The van der Waals surface area contributed by atoms with Crippen LogP contribution in [0.15, 0.2) is 53.3 Å². The van der Waals surface area contributed by atoms with Gasteiger partial charge in [-0.25, -0.2) is 9.48 Å². The van der Waals surface area contributed by atoms with Gasteiger partial charge in [0.1, 0.15) is 6.10 Å². The summed E-state index contributed by atoms with van der Waals surface area (Å²) in [6.07, 6.45) is -0.722. The molecule has 0 saturated heterocycles. The summed E-state index contributed by atoms with van der Waals surface area (Å²) in [7, 11) is 1.45. The first-order valence-corrected chi connectivity index (χ1v) is 7.80. The van der Waals surface area contributed by atoms with Gasteiger partial charge in [0.25, 0.3) is 11.2 Å². The number of ether oxygens (including phenoxy) is 1. The number of hydrogen-bond donors (Lipinski definition) is 0. The highest BCUT2D eigenvalue weighted by Crippen LogP contribution is 2.23. The minimum Gasteiger partial charge on any atom is -0.453 e. The molecular formula is C18H15N3O5. The molecule has 1 aromatic heterocycles. The maximum atomic E-state index is 12.6. The van der Waals surface area contributed by atoms with Gasteiger partial charge in [-0.2, -0.15) is 5.10 Å². The minimum absolute atomic E-state index is 0.0139. The molecule has 0 aliphatic rings. The number of non-ortho nitro benzene ring substituents is 1. The second kappa shape index (κ2) is 6.75. The summed E-state index contributed by atoms with van der Waals surface area (Å²) in [5, 5.41) is 15.7. The first kappa shape index (κ1) is 17.3. The maximum Gasteiger partial charge on any atom is 0.360 e. The summed E-state index contributed by atoms with van der Waals surface area (Å²) in [6.45, 7) is 1.61. The summed E-state index contributed by atoms with van der Waals surface area (Å²) in [5.41, 5.74) is 0.0987. The normalized spacial score (nSPS) is 11.9. The van der Waals surface area contributed by atoms with E-state index in [9.17, 15) is 19.7 Å². The van der Waals surface area contributed by atoms with Crippen molar-refractivity contribution in [2.45, 2.75) is 13.0 Å². The third kappa shape index (κ3) is 3.16. The molecule has 0 amide bonds. The molecule has 1 atom stereocenters. The van der Waals surface area contributed by atoms with Crippen LogP contribution in [0.4, 0.5) is 5.69 Å². The smallest absolute Gasteiger partial charge is 0.360 e. The van der Waals surface area contributed by atoms with Gasteiger partial charge in [0, 0.05) is 24.6 Å². The van der Waals surface area contributed by atoms with Crippen LogP contribution in [-0.2, 0) is 11.8 Å². The number of rotatable bonds is 4. The third-order valence-corrected chi connectivity index (χ3v) is 3.98. The van der Waals surface area contributed by atoms with E-state index in [4.69, 9.17) is 4.74 Å². The molecule has 0 unspecified atom stereocenters. The number of esters is 1. The number of nitro benzene ring substituents is 1. The highest BCUT2D eigenvalue weighted by Gasteiger charge is 2.21. The lowest BCUT2D eigenvalue weighted by atomic mass is 10.1. The quantitative estimate of drug-likeness (QED) is 0.406. The van der Waals surface area contributed by atoms with Gasteiger partial charge < -0.3 is 4.74 Å². The molecule has 1 heterocycles. The number of carbonyl (C=O) groups is 1. The highest BCUT2D eigenvalue weighted by atomic mass is 16.6. The number of carbonyl (C=O) groups excluding carboxylic acids is 1. The number of nitrogens with zero attached hydrogens (tertiary/aromatic N) is 3. The summed E-state index contributed by atoms with van der Waals surface area (Å²) in [4.78, 5) is 35.1. The van der Waals surface area contributed by atoms with Gasteiger partial charge in [-0.15, -0.1) is 0 Å². The van der Waals surface area contributed by atoms with E-state index in [1.165, 1.54) is 25.2 Å². The van der Waals surface area contributed by atoms with E-state index in [0.29, 0.717) is 16.3 Å². The zero-order valence-electron chi connectivity index (χ0n) is 14.1. The van der Waals surface area contributed by atoms with E-state index in [0.717, 1.165) is 4.68 Å². The van der Waals surface area contributed by atoms with E-state index in [1.54, 1.807) is 37.3 Å². The van der Waals surface area contributed by atoms with Crippen molar-refractivity contribution in [1.29, 1.82) is 0 Å². The number of fused-ring (bicyclic) bond motifs is 1. The number of hydrogen-bond acceptors (Lipinski definition) is 6. The molecule has 8 heteroatoms. The SMILES string of the molecule is C[C@@H](OC(=O)c1nn(C)c(=O)c2ccccc12)c1cccc([N+](=O)[O-])c1. The van der Waals surface area contributed by atoms with Gasteiger partial charge in [0.2, 0.25) is 0 Å². The molecule has 26 heavy (non-hydrogen) atoms. The van der Waals surface area contributed by atoms with Crippen LogP contribution in [0.1, 0.15) is 29.1 Å². The van der Waals surface area contributed by atoms with Crippen molar-refractivity contribution in [2.24, 2.45) is 7.05 Å². The average molecular weight is 353 g/mol. The van der Waals surface area contributed by atoms with E-state index in [1.807, 2.05) is 0 Å². The van der Waals surface area contributed by atoms with Crippen molar-refractivity contribution in [3.8, 4) is 0 Å². The molecule has 132 valence electrons. The fraction of sp³-hybridized carbons (Fsp3) is 0.167. The molecule has 0 aliphatic heterocycles. The van der Waals surface area contributed by atoms with Crippen molar-refractivity contribution in [3.05, 3.63) is 80.3 Å². The van der Waals surface area contributed by atoms with Crippen LogP contribution in [-0.4, -0.2) is 20.7 Å². The Hall–Kier alpha value is -3.55. The van der Waals surface area contributed by atoms with E-state index in [2.05, 4.69) is 5.10 Å². The van der Waals surface area contributed by atoms with Gasteiger partial charge >= 0.3 is 5.97 Å². The number of aryl methyl sites for hydroxylation is 1. The monoisotopic (exact) mass is 353 g/mol. The maximum absolute atomic E-state index is 12.6. The molecule has 0 fully saturated rings. The van der Waals surface area contributed by atoms with E-state index < -0.39 is 17.0 Å². The van der Waals surface area contributed by atoms with E-state index in [-0.39, 0.29) is 16.9 Å². The van der Waals surface area contributed by atoms with Crippen LogP contribution < -0.4 is 5.56 Å². The standard InChI is InChI=1S/C18H15N3O5/c1-11(12-6-5-7-13(10-12)21(24)25)26-18(23)16-14-8-3-4-9-15(14)17(22)20(2)19-16/h3-11H,1-2H3/t11-/m1/s1. The van der Waals surface area contributed by atoms with Gasteiger partial charge in [-0.05, 0) is 18.6 Å². The number of nitro groups is 1. The van der Waals surface area contributed by atoms with Crippen molar-refractivity contribution in [2.75, 3.05) is 0 Å². The van der Waals surface area contributed by atoms with E-state index >= 15 is 0 Å². The van der Waals surface area contributed by atoms with Crippen LogP contribution in [0.2, 0.25) is 0 Å². The lowest BCUT2D eigenvalue weighted by Gasteiger charge is -2.14. The Morgan fingerprint density at radius 3 is 2.58 bits per heavy atom. The number of benzene rings is 2. The largest absolute Gasteiger partial charge is 0.453 e. The third-order valence-electron chi connectivity index (χ3n) is 3.98. The summed E-state index contributed by atoms with van der Waals surface area (Å²) in [5.74, 6) is -0.712. The first-order valence-electron chi connectivity index (χ1n) is 7.80. The van der Waals surface area contributed by atoms with Crippen molar-refractivity contribution >= 4 is 22.4 Å². The molecule has 2 aromatic carbocycles. The molecule has 0 aliphatic carbocycles. The topological polar surface area (TPSA) is 104 Å². The van der Waals surface area contributed by atoms with Crippen LogP contribution in [0.25, 0.3) is 10.8 Å². The Morgan fingerprint density at radius 1 is 1.19 bits per heavy atom. The molecule has 0 saturated carbocycles. The summed E-state index contributed by atoms with van der Waals surface area (Å²) >= 11 is 0. The molecule has 8 nitrogen and oxygen atoms in total. The van der Waals surface area contributed by atoms with Crippen molar-refractivity contribution in [1.82, 2.24) is 9.78 Å². The molecule has 3 rings (SSSR count). The number of aromatic nitrogens is 2. The fourth-order valence-corrected chi connectivity index (χ4v) is 2.63. The Balaban J connectivity index is 1.95. The first-order chi connectivity index (χ1) is 12.4. The minimum atomic E-state index is -0.722. The second-order valence-corrected chi connectivity index (χ2v) is 5.72. The lowest BCUT2D eigenvalue weighted by Crippen LogP contribution is -2.24. The van der Waals surface area contributed by atoms with Crippen LogP contribution in [0, 0.1) is 10.1 Å². The van der Waals surface area contributed by atoms with Crippen LogP contribution in [0.3, 0.4) is 0 Å². The predicted molar refractivity (Wildman–Crippen MR) is 93.9 cm³/mol. The highest BCUT2D eigenvalue weighted by molar-refractivity contribution is 6.02. The average Bonchev–Trinajstić information content (AvgIpc) is 2.64. The van der Waals surface area contributed by atoms with Crippen LogP contribution in [0.5, 0.6) is 0 Å².